The van der Waals surface area contributed by atoms with Gasteiger partial charge in [0, 0.05) is 18.6 Å². The highest BCUT2D eigenvalue weighted by molar-refractivity contribution is 5.83. The molecule has 0 saturated carbocycles. The number of nitrogens with one attached hydrogen (secondary N) is 2. The summed E-state index contributed by atoms with van der Waals surface area (Å²) in [5.74, 6) is 0.483. The molecule has 0 bridgehead atoms. The molecule has 0 aromatic carbocycles. The highest BCUT2D eigenvalue weighted by Gasteiger charge is 2.25. The molecular formula is C16H26N4O2. The zero-order valence-corrected chi connectivity index (χ0v) is 14.0. The molecule has 0 spiro atoms. The lowest BCUT2D eigenvalue weighted by atomic mass is 10.2. The lowest BCUT2D eigenvalue weighted by Crippen LogP contribution is -2.27. The van der Waals surface area contributed by atoms with Crippen molar-refractivity contribution in [3.05, 3.63) is 18.3 Å². The van der Waals surface area contributed by atoms with Gasteiger partial charge in [-0.3, -0.25) is 5.32 Å². The Morgan fingerprint density at radius 3 is 2.64 bits per heavy atom. The van der Waals surface area contributed by atoms with Crippen molar-refractivity contribution in [3.8, 4) is 0 Å². The fourth-order valence-corrected chi connectivity index (χ4v) is 2.50. The third-order valence-corrected chi connectivity index (χ3v) is 3.65. The number of ether oxygens (including phenoxy) is 1. The number of carbonyl (C=O) groups is 1. The Hall–Kier alpha value is -1.82. The summed E-state index contributed by atoms with van der Waals surface area (Å²) in [5, 5.41) is 6.10. The number of carbonyl (C=O) groups excluding carboxylic acids is 1. The lowest BCUT2D eigenvalue weighted by Gasteiger charge is -2.19. The molecule has 1 amide bonds. The maximum Gasteiger partial charge on any atom is 0.413 e. The minimum atomic E-state index is -0.517. The Kier molecular flexibility index (Phi) is 4.90. The topological polar surface area (TPSA) is 66.5 Å². The molecule has 1 aliphatic heterocycles. The van der Waals surface area contributed by atoms with Gasteiger partial charge in [0.2, 0.25) is 0 Å². The first-order valence-electron chi connectivity index (χ1n) is 7.66. The number of nitrogens with zero attached hydrogens (tertiary/aromatic N) is 2. The summed E-state index contributed by atoms with van der Waals surface area (Å²) >= 11 is 0. The third kappa shape index (κ3) is 4.87. The molecule has 2 atom stereocenters. The normalized spacial score (nSPS) is 22.4. The first-order valence-corrected chi connectivity index (χ1v) is 7.66. The number of hydrogen-bond acceptors (Lipinski definition) is 5. The van der Waals surface area contributed by atoms with Crippen LogP contribution in [0.25, 0.3) is 0 Å². The summed E-state index contributed by atoms with van der Waals surface area (Å²) in [6.07, 6.45) is 2.36. The number of pyridine rings is 1. The van der Waals surface area contributed by atoms with E-state index in [-0.39, 0.29) is 0 Å². The van der Waals surface area contributed by atoms with E-state index in [2.05, 4.69) is 34.5 Å². The van der Waals surface area contributed by atoms with Crippen molar-refractivity contribution >= 4 is 17.6 Å². The first-order chi connectivity index (χ1) is 10.2. The molecule has 22 heavy (non-hydrogen) atoms. The number of amides is 1. The number of aromatic nitrogens is 1. The monoisotopic (exact) mass is 306 g/mol. The predicted octanol–water partition coefficient (Wildman–Crippen LogP) is 2.93. The first kappa shape index (κ1) is 16.5. The van der Waals surface area contributed by atoms with Crippen LogP contribution in [0.1, 0.15) is 34.1 Å². The van der Waals surface area contributed by atoms with Gasteiger partial charge in [-0.15, -0.1) is 0 Å². The highest BCUT2D eigenvalue weighted by atomic mass is 16.6. The Morgan fingerprint density at radius 2 is 2.14 bits per heavy atom. The van der Waals surface area contributed by atoms with E-state index in [1.807, 2.05) is 26.8 Å². The van der Waals surface area contributed by atoms with Gasteiger partial charge in [-0.1, -0.05) is 0 Å². The largest absolute Gasteiger partial charge is 0.444 e. The van der Waals surface area contributed by atoms with Gasteiger partial charge < -0.3 is 15.0 Å². The Bertz CT molecular complexity index is 500. The predicted molar refractivity (Wildman–Crippen MR) is 88.2 cm³/mol. The lowest BCUT2D eigenvalue weighted by molar-refractivity contribution is 0.0635. The maximum atomic E-state index is 11.7. The molecule has 122 valence electrons. The summed E-state index contributed by atoms with van der Waals surface area (Å²) in [7, 11) is 2.14. The number of rotatable bonds is 3. The average Bonchev–Trinajstić information content (AvgIpc) is 2.68. The Balaban J connectivity index is 1.87. The molecule has 1 saturated heterocycles. The van der Waals surface area contributed by atoms with Crippen molar-refractivity contribution in [2.75, 3.05) is 24.2 Å². The number of hydrogen-bond donors (Lipinski definition) is 2. The van der Waals surface area contributed by atoms with E-state index in [9.17, 15) is 4.79 Å². The van der Waals surface area contributed by atoms with Gasteiger partial charge in [-0.25, -0.2) is 9.78 Å². The van der Waals surface area contributed by atoms with Gasteiger partial charge in [0.15, 0.2) is 0 Å². The molecule has 2 rings (SSSR count). The van der Waals surface area contributed by atoms with E-state index in [4.69, 9.17) is 4.74 Å². The van der Waals surface area contributed by atoms with Crippen molar-refractivity contribution in [1.82, 2.24) is 9.88 Å². The molecule has 6 nitrogen and oxygen atoms in total. The molecule has 2 N–H and O–H groups in total. The minimum absolute atomic E-state index is 0.437. The van der Waals surface area contributed by atoms with Crippen molar-refractivity contribution in [2.24, 2.45) is 0 Å². The maximum absolute atomic E-state index is 11.7. The smallest absolute Gasteiger partial charge is 0.413 e. The summed E-state index contributed by atoms with van der Waals surface area (Å²) in [5.41, 5.74) is 0.443. The molecule has 1 fully saturated rings. The third-order valence-electron chi connectivity index (χ3n) is 3.65. The highest BCUT2D eigenvalue weighted by Crippen LogP contribution is 2.20. The summed E-state index contributed by atoms with van der Waals surface area (Å²) in [4.78, 5) is 18.2. The van der Waals surface area contributed by atoms with Crippen LogP contribution in [0, 0.1) is 0 Å². The standard InChI is InChI=1S/C16H26N4O2/c1-11-8-13(10-20(11)5)18-12-6-7-14(17-9-12)19-15(21)22-16(2,3)4/h6-7,9,11,13,18H,8,10H2,1-5H3,(H,17,19,21). The van der Waals surface area contributed by atoms with Crippen molar-refractivity contribution in [2.45, 2.75) is 51.8 Å². The quantitative estimate of drug-likeness (QED) is 0.899. The molecule has 1 aliphatic rings. The summed E-state index contributed by atoms with van der Waals surface area (Å²) < 4.78 is 5.19. The van der Waals surface area contributed by atoms with E-state index >= 15 is 0 Å². The molecule has 2 unspecified atom stereocenters. The second-order valence-electron chi connectivity index (χ2n) is 6.92. The average molecular weight is 306 g/mol. The SMILES string of the molecule is CC1CC(Nc2ccc(NC(=O)OC(C)(C)C)nc2)CN1C. The van der Waals surface area contributed by atoms with E-state index < -0.39 is 11.7 Å². The molecular weight excluding hydrogens is 280 g/mol. The van der Waals surface area contributed by atoms with E-state index in [0.29, 0.717) is 17.9 Å². The van der Waals surface area contributed by atoms with Crippen LogP contribution in [0.3, 0.4) is 0 Å². The molecule has 1 aromatic heterocycles. The van der Waals surface area contributed by atoms with E-state index in [1.54, 1.807) is 12.3 Å². The summed E-state index contributed by atoms with van der Waals surface area (Å²) in [6.45, 7) is 8.73. The van der Waals surface area contributed by atoms with Crippen LogP contribution < -0.4 is 10.6 Å². The van der Waals surface area contributed by atoms with Gasteiger partial charge in [0.1, 0.15) is 11.4 Å². The second-order valence-corrected chi connectivity index (χ2v) is 6.92. The van der Waals surface area contributed by atoms with Crippen LogP contribution in [-0.4, -0.2) is 47.3 Å². The molecule has 0 aliphatic carbocycles. The van der Waals surface area contributed by atoms with Crippen LogP contribution in [0.4, 0.5) is 16.3 Å². The van der Waals surface area contributed by atoms with Gasteiger partial charge in [0.05, 0.1) is 11.9 Å². The van der Waals surface area contributed by atoms with Crippen LogP contribution in [0.5, 0.6) is 0 Å². The Labute approximate surface area is 132 Å². The van der Waals surface area contributed by atoms with Crippen molar-refractivity contribution < 1.29 is 9.53 Å². The van der Waals surface area contributed by atoms with E-state index in [1.165, 1.54) is 0 Å². The van der Waals surface area contributed by atoms with Gasteiger partial charge in [-0.05, 0) is 53.3 Å². The molecule has 2 heterocycles. The minimum Gasteiger partial charge on any atom is -0.444 e. The van der Waals surface area contributed by atoms with Crippen molar-refractivity contribution in [3.63, 3.8) is 0 Å². The number of likely N-dealkylation sites (tertiary alicyclic amines) is 1. The van der Waals surface area contributed by atoms with Gasteiger partial charge in [-0.2, -0.15) is 0 Å². The fraction of sp³-hybridized carbons (Fsp3) is 0.625. The zero-order chi connectivity index (χ0) is 16.3. The summed E-state index contributed by atoms with van der Waals surface area (Å²) in [6, 6.07) is 4.72. The zero-order valence-electron chi connectivity index (χ0n) is 14.0. The van der Waals surface area contributed by atoms with Gasteiger partial charge >= 0.3 is 6.09 Å². The number of anilines is 2. The second kappa shape index (κ2) is 6.52. The van der Waals surface area contributed by atoms with Crippen LogP contribution in [-0.2, 0) is 4.74 Å². The molecule has 0 radical (unpaired) electrons. The molecule has 6 heteroatoms. The van der Waals surface area contributed by atoms with Crippen LogP contribution in [0.15, 0.2) is 18.3 Å². The van der Waals surface area contributed by atoms with Crippen LogP contribution in [0.2, 0.25) is 0 Å². The molecule has 1 aromatic rings. The van der Waals surface area contributed by atoms with Crippen LogP contribution >= 0.6 is 0 Å². The van der Waals surface area contributed by atoms with Gasteiger partial charge in [0.25, 0.3) is 0 Å². The Morgan fingerprint density at radius 1 is 1.41 bits per heavy atom. The fourth-order valence-electron chi connectivity index (χ4n) is 2.50. The number of likely N-dealkylation sites (N-methyl/N-ethyl adjacent to an activating group) is 1. The van der Waals surface area contributed by atoms with E-state index in [0.717, 1.165) is 18.7 Å². The van der Waals surface area contributed by atoms with Crippen molar-refractivity contribution in [1.29, 1.82) is 0 Å².